The Bertz CT molecular complexity index is 436. The van der Waals surface area contributed by atoms with Gasteiger partial charge in [-0.3, -0.25) is 0 Å². The summed E-state index contributed by atoms with van der Waals surface area (Å²) in [5, 5.41) is 3.40. The zero-order chi connectivity index (χ0) is 15.1. The van der Waals surface area contributed by atoms with E-state index in [1.165, 1.54) is 0 Å². The fourth-order valence-corrected chi connectivity index (χ4v) is 2.37. The van der Waals surface area contributed by atoms with Crippen LogP contribution < -0.4 is 14.8 Å². The van der Waals surface area contributed by atoms with Gasteiger partial charge in [-0.15, -0.1) is 0 Å². The highest BCUT2D eigenvalue weighted by atomic mass is 16.5. The molecule has 4 nitrogen and oxygen atoms in total. The van der Waals surface area contributed by atoms with Gasteiger partial charge >= 0.3 is 0 Å². The second kappa shape index (κ2) is 8.25. The topological polar surface area (TPSA) is 39.7 Å². The molecule has 2 atom stereocenters. The zero-order valence-corrected chi connectivity index (χ0v) is 13.4. The molecule has 1 fully saturated rings. The summed E-state index contributed by atoms with van der Waals surface area (Å²) in [6.45, 7) is 9.45. The molecular weight excluding hydrogens is 266 g/mol. The standard InChI is InChI=1S/C17H27NO3/c1-4-8-19-15-7-6-14(10-16(15)20-9-5-2)17-12-18-11-13(3)21-17/h6-7,10,13,17-18H,4-5,8-9,11-12H2,1-3H3. The lowest BCUT2D eigenvalue weighted by Crippen LogP contribution is -2.38. The van der Waals surface area contributed by atoms with E-state index in [0.29, 0.717) is 13.2 Å². The second-order valence-corrected chi connectivity index (χ2v) is 5.50. The highest BCUT2D eigenvalue weighted by Gasteiger charge is 2.21. The molecular formula is C17H27NO3. The average Bonchev–Trinajstić information content (AvgIpc) is 2.51. The zero-order valence-electron chi connectivity index (χ0n) is 13.4. The van der Waals surface area contributed by atoms with Gasteiger partial charge < -0.3 is 19.5 Å². The van der Waals surface area contributed by atoms with E-state index in [9.17, 15) is 0 Å². The van der Waals surface area contributed by atoms with Gasteiger partial charge in [-0.2, -0.15) is 0 Å². The molecule has 21 heavy (non-hydrogen) atoms. The van der Waals surface area contributed by atoms with Crippen LogP contribution in [0.25, 0.3) is 0 Å². The molecule has 2 unspecified atom stereocenters. The third kappa shape index (κ3) is 4.61. The summed E-state index contributed by atoms with van der Waals surface area (Å²) in [6, 6.07) is 6.14. The second-order valence-electron chi connectivity index (χ2n) is 5.50. The molecule has 118 valence electrons. The number of morpholine rings is 1. The van der Waals surface area contributed by atoms with E-state index in [1.807, 2.05) is 6.07 Å². The van der Waals surface area contributed by atoms with Gasteiger partial charge in [0.2, 0.25) is 0 Å². The quantitative estimate of drug-likeness (QED) is 0.837. The Morgan fingerprint density at radius 3 is 2.48 bits per heavy atom. The summed E-state index contributed by atoms with van der Waals surface area (Å²) in [7, 11) is 0. The molecule has 1 aliphatic rings. The highest BCUT2D eigenvalue weighted by Crippen LogP contribution is 2.32. The Balaban J connectivity index is 2.14. The predicted molar refractivity (Wildman–Crippen MR) is 84.2 cm³/mol. The van der Waals surface area contributed by atoms with Crippen molar-refractivity contribution in [3.8, 4) is 11.5 Å². The summed E-state index contributed by atoms with van der Waals surface area (Å²) in [6.07, 6.45) is 2.29. The van der Waals surface area contributed by atoms with Crippen LogP contribution in [-0.2, 0) is 4.74 Å². The van der Waals surface area contributed by atoms with E-state index in [1.54, 1.807) is 0 Å². The maximum atomic E-state index is 5.99. The molecule has 0 radical (unpaired) electrons. The molecule has 1 aromatic carbocycles. The van der Waals surface area contributed by atoms with Crippen molar-refractivity contribution < 1.29 is 14.2 Å². The summed E-state index contributed by atoms with van der Waals surface area (Å²) in [5.41, 5.74) is 1.14. The molecule has 0 saturated carbocycles. The number of rotatable bonds is 7. The van der Waals surface area contributed by atoms with Crippen LogP contribution >= 0.6 is 0 Å². The molecule has 2 rings (SSSR count). The predicted octanol–water partition coefficient (Wildman–Crippen LogP) is 3.31. The summed E-state index contributed by atoms with van der Waals surface area (Å²) < 4.78 is 17.6. The van der Waals surface area contributed by atoms with Gasteiger partial charge in [-0.25, -0.2) is 0 Å². The van der Waals surface area contributed by atoms with Crippen molar-refractivity contribution in [3.05, 3.63) is 23.8 Å². The molecule has 0 spiro atoms. The monoisotopic (exact) mass is 293 g/mol. The third-order valence-corrected chi connectivity index (χ3v) is 3.42. The van der Waals surface area contributed by atoms with Crippen molar-refractivity contribution in [2.24, 2.45) is 0 Å². The van der Waals surface area contributed by atoms with E-state index in [4.69, 9.17) is 14.2 Å². The van der Waals surface area contributed by atoms with E-state index < -0.39 is 0 Å². The Morgan fingerprint density at radius 1 is 1.10 bits per heavy atom. The molecule has 1 saturated heterocycles. The van der Waals surface area contributed by atoms with E-state index in [0.717, 1.165) is 43.0 Å². The van der Waals surface area contributed by atoms with Crippen LogP contribution in [0.5, 0.6) is 11.5 Å². The summed E-state index contributed by atoms with van der Waals surface area (Å²) >= 11 is 0. The van der Waals surface area contributed by atoms with Gasteiger partial charge in [-0.1, -0.05) is 19.9 Å². The lowest BCUT2D eigenvalue weighted by molar-refractivity contribution is -0.0288. The Morgan fingerprint density at radius 2 is 1.81 bits per heavy atom. The van der Waals surface area contributed by atoms with Gasteiger partial charge in [0.15, 0.2) is 11.5 Å². The van der Waals surface area contributed by atoms with Crippen molar-refractivity contribution in [2.45, 2.75) is 45.8 Å². The smallest absolute Gasteiger partial charge is 0.161 e. The van der Waals surface area contributed by atoms with Crippen molar-refractivity contribution in [3.63, 3.8) is 0 Å². The maximum absolute atomic E-state index is 5.99. The number of hydrogen-bond acceptors (Lipinski definition) is 4. The normalized spacial score (nSPS) is 22.0. The van der Waals surface area contributed by atoms with Gasteiger partial charge in [0.05, 0.1) is 25.4 Å². The Kier molecular flexibility index (Phi) is 6.33. The first-order chi connectivity index (χ1) is 10.2. The van der Waals surface area contributed by atoms with Crippen molar-refractivity contribution in [2.75, 3.05) is 26.3 Å². The van der Waals surface area contributed by atoms with Crippen LogP contribution in [0.15, 0.2) is 18.2 Å². The Labute approximate surface area is 127 Å². The van der Waals surface area contributed by atoms with E-state index in [2.05, 4.69) is 38.2 Å². The average molecular weight is 293 g/mol. The largest absolute Gasteiger partial charge is 0.490 e. The van der Waals surface area contributed by atoms with Crippen molar-refractivity contribution in [1.82, 2.24) is 5.32 Å². The minimum absolute atomic E-state index is 0.0814. The van der Waals surface area contributed by atoms with Crippen molar-refractivity contribution in [1.29, 1.82) is 0 Å². The van der Waals surface area contributed by atoms with Crippen molar-refractivity contribution >= 4 is 0 Å². The lowest BCUT2D eigenvalue weighted by atomic mass is 10.1. The summed E-state index contributed by atoms with van der Waals surface area (Å²) in [4.78, 5) is 0. The first-order valence-corrected chi connectivity index (χ1v) is 8.00. The van der Waals surface area contributed by atoms with Crippen LogP contribution in [0.4, 0.5) is 0 Å². The molecule has 0 aliphatic carbocycles. The van der Waals surface area contributed by atoms with Crippen LogP contribution in [-0.4, -0.2) is 32.4 Å². The molecule has 4 heteroatoms. The highest BCUT2D eigenvalue weighted by molar-refractivity contribution is 5.44. The van der Waals surface area contributed by atoms with E-state index in [-0.39, 0.29) is 12.2 Å². The van der Waals surface area contributed by atoms with Crippen LogP contribution in [0.1, 0.15) is 45.3 Å². The van der Waals surface area contributed by atoms with E-state index >= 15 is 0 Å². The fourth-order valence-electron chi connectivity index (χ4n) is 2.37. The minimum atomic E-state index is 0.0814. The molecule has 1 aliphatic heterocycles. The molecule has 0 aromatic heterocycles. The van der Waals surface area contributed by atoms with Crippen LogP contribution in [0, 0.1) is 0 Å². The SMILES string of the molecule is CCCOc1ccc(C2CNCC(C)O2)cc1OCCC. The molecule has 1 N–H and O–H groups in total. The maximum Gasteiger partial charge on any atom is 0.161 e. The number of ether oxygens (including phenoxy) is 3. The lowest BCUT2D eigenvalue weighted by Gasteiger charge is -2.29. The third-order valence-electron chi connectivity index (χ3n) is 3.42. The number of hydrogen-bond donors (Lipinski definition) is 1. The van der Waals surface area contributed by atoms with Gasteiger partial charge in [0.1, 0.15) is 0 Å². The minimum Gasteiger partial charge on any atom is -0.490 e. The van der Waals surface area contributed by atoms with Gasteiger partial charge in [-0.05, 0) is 37.5 Å². The molecule has 0 bridgehead atoms. The number of benzene rings is 1. The molecule has 1 heterocycles. The first kappa shape index (κ1) is 16.1. The molecule has 1 aromatic rings. The van der Waals surface area contributed by atoms with Crippen LogP contribution in [0.3, 0.4) is 0 Å². The van der Waals surface area contributed by atoms with Gasteiger partial charge in [0, 0.05) is 13.1 Å². The Hall–Kier alpha value is -1.26. The summed E-state index contributed by atoms with van der Waals surface area (Å²) in [5.74, 6) is 1.65. The molecule has 0 amide bonds. The van der Waals surface area contributed by atoms with Crippen LogP contribution in [0.2, 0.25) is 0 Å². The van der Waals surface area contributed by atoms with Gasteiger partial charge in [0.25, 0.3) is 0 Å². The fraction of sp³-hybridized carbons (Fsp3) is 0.647. The first-order valence-electron chi connectivity index (χ1n) is 8.00. The number of nitrogens with one attached hydrogen (secondary N) is 1.